The van der Waals surface area contributed by atoms with Crippen molar-refractivity contribution in [1.82, 2.24) is 9.62 Å². The Hall–Kier alpha value is -1.45. The molecule has 1 rings (SSSR count). The van der Waals surface area contributed by atoms with Gasteiger partial charge in [0, 0.05) is 11.5 Å². The zero-order valence-electron chi connectivity index (χ0n) is 12.1. The van der Waals surface area contributed by atoms with Crippen molar-refractivity contribution in [2.45, 2.75) is 13.0 Å². The fourth-order valence-electron chi connectivity index (χ4n) is 1.67. The molecule has 0 saturated heterocycles. The second-order valence-corrected chi connectivity index (χ2v) is 7.83. The van der Waals surface area contributed by atoms with Crippen molar-refractivity contribution in [2.75, 3.05) is 19.3 Å². The molecule has 0 heterocycles. The molecule has 0 spiro atoms. The van der Waals surface area contributed by atoms with Crippen LogP contribution in [-0.4, -0.2) is 49.1 Å². The zero-order chi connectivity index (χ0) is 16.9. The minimum Gasteiger partial charge on any atom is -0.479 e. The van der Waals surface area contributed by atoms with Crippen LogP contribution in [0.25, 0.3) is 0 Å². The summed E-state index contributed by atoms with van der Waals surface area (Å²) in [5, 5.41) is 11.5. The normalized spacial score (nSPS) is 12.9. The lowest BCUT2D eigenvalue weighted by Crippen LogP contribution is -2.42. The van der Waals surface area contributed by atoms with Gasteiger partial charge in [0.1, 0.15) is 0 Å². The number of hydrogen-bond acceptors (Lipinski definition) is 4. The number of aliphatic carboxylic acids is 1. The number of hydrogen-bond donors (Lipinski definition) is 2. The Morgan fingerprint density at radius 2 is 1.86 bits per heavy atom. The molecule has 7 nitrogen and oxygen atoms in total. The van der Waals surface area contributed by atoms with Crippen LogP contribution >= 0.6 is 15.9 Å². The second kappa shape index (κ2) is 7.70. The molecule has 1 unspecified atom stereocenters. The van der Waals surface area contributed by atoms with Crippen molar-refractivity contribution in [3.05, 3.63) is 34.3 Å². The van der Waals surface area contributed by atoms with Crippen LogP contribution in [0.5, 0.6) is 0 Å². The summed E-state index contributed by atoms with van der Waals surface area (Å²) in [6.45, 7) is 1.03. The van der Waals surface area contributed by atoms with E-state index in [1.54, 1.807) is 24.3 Å². The molecule has 1 aromatic rings. The SMILES string of the molecule is CCS(=O)(=O)N(C)CC(=O)NC(C(=O)O)c1ccc(Br)cc1. The van der Waals surface area contributed by atoms with Gasteiger partial charge in [0.15, 0.2) is 6.04 Å². The van der Waals surface area contributed by atoms with E-state index < -0.39 is 34.5 Å². The molecule has 0 aromatic heterocycles. The van der Waals surface area contributed by atoms with Crippen molar-refractivity contribution in [3.8, 4) is 0 Å². The van der Waals surface area contributed by atoms with E-state index in [0.717, 1.165) is 8.78 Å². The van der Waals surface area contributed by atoms with Gasteiger partial charge < -0.3 is 10.4 Å². The molecule has 1 amide bonds. The maximum atomic E-state index is 11.9. The van der Waals surface area contributed by atoms with E-state index in [-0.39, 0.29) is 5.75 Å². The third kappa shape index (κ3) is 5.08. The van der Waals surface area contributed by atoms with Crippen molar-refractivity contribution >= 4 is 37.8 Å². The molecule has 0 fully saturated rings. The third-order valence-corrected chi connectivity index (χ3v) is 5.30. The van der Waals surface area contributed by atoms with Gasteiger partial charge in [0.05, 0.1) is 12.3 Å². The molecule has 22 heavy (non-hydrogen) atoms. The smallest absolute Gasteiger partial charge is 0.330 e. The summed E-state index contributed by atoms with van der Waals surface area (Å²) in [7, 11) is -2.23. The number of sulfonamides is 1. The summed E-state index contributed by atoms with van der Waals surface area (Å²) in [4.78, 5) is 23.2. The third-order valence-electron chi connectivity index (χ3n) is 2.96. The maximum absolute atomic E-state index is 11.9. The molecular formula is C13H17BrN2O5S. The fourth-order valence-corrected chi connectivity index (χ4v) is 2.69. The molecule has 0 aliphatic carbocycles. The quantitative estimate of drug-likeness (QED) is 0.719. The van der Waals surface area contributed by atoms with Crippen LogP contribution in [0.4, 0.5) is 0 Å². The van der Waals surface area contributed by atoms with E-state index in [1.165, 1.54) is 14.0 Å². The number of halogens is 1. The molecule has 1 atom stereocenters. The number of likely N-dealkylation sites (N-methyl/N-ethyl adjacent to an activating group) is 1. The molecule has 0 aliphatic heterocycles. The molecule has 0 aliphatic rings. The van der Waals surface area contributed by atoms with Gasteiger partial charge in [-0.15, -0.1) is 0 Å². The van der Waals surface area contributed by atoms with Crippen LogP contribution in [0.2, 0.25) is 0 Å². The second-order valence-electron chi connectivity index (χ2n) is 4.55. The average Bonchev–Trinajstić information content (AvgIpc) is 2.45. The van der Waals surface area contributed by atoms with E-state index >= 15 is 0 Å². The minimum atomic E-state index is -3.50. The summed E-state index contributed by atoms with van der Waals surface area (Å²) >= 11 is 3.24. The van der Waals surface area contributed by atoms with Gasteiger partial charge in [-0.1, -0.05) is 28.1 Å². The minimum absolute atomic E-state index is 0.133. The fraction of sp³-hybridized carbons (Fsp3) is 0.385. The van der Waals surface area contributed by atoms with Gasteiger partial charge >= 0.3 is 5.97 Å². The standard InChI is InChI=1S/C13H17BrN2O5S/c1-3-22(20,21)16(2)8-11(17)15-12(13(18)19)9-4-6-10(14)7-5-9/h4-7,12H,3,8H2,1-2H3,(H,15,17)(H,18,19). The summed E-state index contributed by atoms with van der Waals surface area (Å²) in [5.41, 5.74) is 0.394. The largest absolute Gasteiger partial charge is 0.479 e. The van der Waals surface area contributed by atoms with Gasteiger partial charge in [0.25, 0.3) is 0 Å². The number of carboxylic acid groups (broad SMARTS) is 1. The first-order chi connectivity index (χ1) is 10.2. The molecule has 0 saturated carbocycles. The lowest BCUT2D eigenvalue weighted by molar-refractivity contribution is -0.142. The monoisotopic (exact) mass is 392 g/mol. The molecule has 0 radical (unpaired) electrons. The first-order valence-electron chi connectivity index (χ1n) is 6.39. The van der Waals surface area contributed by atoms with Gasteiger partial charge in [-0.05, 0) is 24.6 Å². The lowest BCUT2D eigenvalue weighted by Gasteiger charge is -2.19. The van der Waals surface area contributed by atoms with Crippen molar-refractivity contribution in [3.63, 3.8) is 0 Å². The van der Waals surface area contributed by atoms with E-state index in [0.29, 0.717) is 5.56 Å². The number of carbonyl (C=O) groups excluding carboxylic acids is 1. The molecule has 2 N–H and O–H groups in total. The molecule has 1 aromatic carbocycles. The van der Waals surface area contributed by atoms with Crippen LogP contribution in [0.3, 0.4) is 0 Å². The topological polar surface area (TPSA) is 104 Å². The summed E-state index contributed by atoms with van der Waals surface area (Å²) in [6, 6.07) is 5.21. The van der Waals surface area contributed by atoms with Crippen molar-refractivity contribution in [1.29, 1.82) is 0 Å². The van der Waals surface area contributed by atoms with Crippen LogP contribution in [0.1, 0.15) is 18.5 Å². The number of carboxylic acids is 1. The van der Waals surface area contributed by atoms with Gasteiger partial charge in [0.2, 0.25) is 15.9 Å². The highest BCUT2D eigenvalue weighted by Gasteiger charge is 2.24. The van der Waals surface area contributed by atoms with Gasteiger partial charge in [-0.25, -0.2) is 13.2 Å². The van der Waals surface area contributed by atoms with Crippen LogP contribution < -0.4 is 5.32 Å². The van der Waals surface area contributed by atoms with Crippen molar-refractivity contribution in [2.24, 2.45) is 0 Å². The first-order valence-corrected chi connectivity index (χ1v) is 8.79. The summed E-state index contributed by atoms with van der Waals surface area (Å²) in [6.07, 6.45) is 0. The van der Waals surface area contributed by atoms with E-state index in [1.807, 2.05) is 0 Å². The Morgan fingerprint density at radius 1 is 1.32 bits per heavy atom. The Kier molecular flexibility index (Phi) is 6.51. The number of carbonyl (C=O) groups is 2. The van der Waals surface area contributed by atoms with Gasteiger partial charge in [-0.3, -0.25) is 4.79 Å². The highest BCUT2D eigenvalue weighted by atomic mass is 79.9. The first kappa shape index (κ1) is 18.6. The molecule has 122 valence electrons. The lowest BCUT2D eigenvalue weighted by atomic mass is 10.1. The highest BCUT2D eigenvalue weighted by molar-refractivity contribution is 9.10. The Bertz CT molecular complexity index is 645. The van der Waals surface area contributed by atoms with E-state index in [2.05, 4.69) is 21.2 Å². The average molecular weight is 393 g/mol. The zero-order valence-corrected chi connectivity index (χ0v) is 14.5. The predicted octanol–water partition coefficient (Wildman–Crippen LogP) is 0.973. The van der Waals surface area contributed by atoms with Crippen LogP contribution in [0, 0.1) is 0 Å². The maximum Gasteiger partial charge on any atom is 0.330 e. The molecule has 9 heteroatoms. The van der Waals surface area contributed by atoms with E-state index in [4.69, 9.17) is 0 Å². The Morgan fingerprint density at radius 3 is 2.32 bits per heavy atom. The van der Waals surface area contributed by atoms with Crippen LogP contribution in [-0.2, 0) is 19.6 Å². The van der Waals surface area contributed by atoms with Gasteiger partial charge in [-0.2, -0.15) is 4.31 Å². The molecular weight excluding hydrogens is 376 g/mol. The predicted molar refractivity (Wildman–Crippen MR) is 84.8 cm³/mol. The summed E-state index contributed by atoms with van der Waals surface area (Å²) in [5.74, 6) is -2.04. The number of amides is 1. The van der Waals surface area contributed by atoms with E-state index in [9.17, 15) is 23.1 Å². The number of nitrogens with zero attached hydrogens (tertiary/aromatic N) is 1. The summed E-state index contributed by atoms with van der Waals surface area (Å²) < 4.78 is 24.8. The highest BCUT2D eigenvalue weighted by Crippen LogP contribution is 2.17. The number of rotatable bonds is 7. The molecule has 0 bridgehead atoms. The Labute approximate surface area is 137 Å². The number of benzene rings is 1. The van der Waals surface area contributed by atoms with Crippen molar-refractivity contribution < 1.29 is 23.1 Å². The Balaban J connectivity index is 2.82. The number of nitrogens with one attached hydrogen (secondary N) is 1. The van der Waals surface area contributed by atoms with Crippen LogP contribution in [0.15, 0.2) is 28.7 Å².